The zero-order valence-corrected chi connectivity index (χ0v) is 24.2. The number of hydrogen-bond acceptors (Lipinski definition) is 5. The van der Waals surface area contributed by atoms with Crippen LogP contribution in [0.3, 0.4) is 0 Å². The van der Waals surface area contributed by atoms with Gasteiger partial charge >= 0.3 is 0 Å². The zero-order valence-electron chi connectivity index (χ0n) is 22.6. The number of piperidine rings is 2. The molecule has 0 radical (unpaired) electrons. The highest BCUT2D eigenvalue weighted by Crippen LogP contribution is 2.34. The Morgan fingerprint density at radius 2 is 1.79 bits per heavy atom. The maximum absolute atomic E-state index is 13.5. The fraction of sp³-hybridized carbons (Fsp3) is 0.452. The molecular formula is C31H37BrN4O2. The first-order chi connectivity index (χ1) is 18.4. The van der Waals surface area contributed by atoms with Gasteiger partial charge in [0.25, 0.3) is 5.91 Å². The lowest BCUT2D eigenvalue weighted by atomic mass is 9.82. The van der Waals surface area contributed by atoms with E-state index in [4.69, 9.17) is 4.84 Å². The number of hydrogen-bond donors (Lipinski definition) is 0. The van der Waals surface area contributed by atoms with E-state index in [2.05, 4.69) is 75.1 Å². The number of benzene rings is 2. The molecule has 2 fully saturated rings. The molecule has 6 nitrogen and oxygen atoms in total. The molecule has 0 bridgehead atoms. The summed E-state index contributed by atoms with van der Waals surface area (Å²) in [4.78, 5) is 28.2. The molecule has 1 amide bonds. The summed E-state index contributed by atoms with van der Waals surface area (Å²) in [6.07, 6.45) is 5.84. The van der Waals surface area contributed by atoms with Gasteiger partial charge in [-0.25, -0.2) is 0 Å². The Labute approximate surface area is 234 Å². The van der Waals surface area contributed by atoms with Gasteiger partial charge in [0.05, 0.1) is 16.8 Å². The van der Waals surface area contributed by atoms with Crippen LogP contribution in [0.2, 0.25) is 0 Å². The number of halogens is 1. The van der Waals surface area contributed by atoms with E-state index >= 15 is 0 Å². The predicted octanol–water partition coefficient (Wildman–Crippen LogP) is 6.45. The fourth-order valence-electron chi connectivity index (χ4n) is 5.94. The van der Waals surface area contributed by atoms with Crippen molar-refractivity contribution in [3.63, 3.8) is 0 Å². The normalized spacial score (nSPS) is 19.1. The number of fused-ring (bicyclic) bond motifs is 1. The van der Waals surface area contributed by atoms with Gasteiger partial charge in [-0.1, -0.05) is 44.8 Å². The Hall–Kier alpha value is -2.77. The third-order valence-electron chi connectivity index (χ3n) is 8.33. The van der Waals surface area contributed by atoms with Gasteiger partial charge in [-0.3, -0.25) is 14.7 Å². The Morgan fingerprint density at radius 1 is 1.08 bits per heavy atom. The van der Waals surface area contributed by atoms with E-state index in [1.54, 1.807) is 6.20 Å². The van der Waals surface area contributed by atoms with Crippen LogP contribution in [-0.4, -0.2) is 64.7 Å². The molecule has 0 spiro atoms. The number of nitrogens with zero attached hydrogens (tertiary/aromatic N) is 4. The first-order valence-corrected chi connectivity index (χ1v) is 14.5. The van der Waals surface area contributed by atoms with Crippen molar-refractivity contribution in [1.29, 1.82) is 0 Å². The molecule has 0 N–H and O–H groups in total. The van der Waals surface area contributed by atoms with E-state index in [0.29, 0.717) is 12.5 Å². The first kappa shape index (κ1) is 26.8. The number of carbonyl (C=O) groups excluding carboxylic acids is 1. The number of pyridine rings is 1. The van der Waals surface area contributed by atoms with E-state index < -0.39 is 0 Å². The van der Waals surface area contributed by atoms with Gasteiger partial charge in [-0.05, 0) is 95.4 Å². The minimum Gasteiger partial charge on any atom is -0.396 e. The van der Waals surface area contributed by atoms with Crippen LogP contribution in [0.15, 0.2) is 64.4 Å². The lowest BCUT2D eigenvalue weighted by Gasteiger charge is -2.49. The number of aromatic nitrogens is 1. The summed E-state index contributed by atoms with van der Waals surface area (Å²) in [5.41, 5.74) is 5.08. The molecule has 3 heterocycles. The largest absolute Gasteiger partial charge is 0.396 e. The van der Waals surface area contributed by atoms with Crippen molar-refractivity contribution < 1.29 is 9.63 Å². The van der Waals surface area contributed by atoms with Crippen molar-refractivity contribution in [1.82, 2.24) is 14.8 Å². The number of aryl methyl sites for hydroxylation is 1. The van der Waals surface area contributed by atoms with Crippen LogP contribution in [0.4, 0.5) is 0 Å². The van der Waals surface area contributed by atoms with E-state index in [0.717, 1.165) is 89.6 Å². The summed E-state index contributed by atoms with van der Waals surface area (Å²) in [6.45, 7) is 10.6. The van der Waals surface area contributed by atoms with Crippen LogP contribution in [0.5, 0.6) is 0 Å². The van der Waals surface area contributed by atoms with Crippen LogP contribution >= 0.6 is 15.9 Å². The van der Waals surface area contributed by atoms with Gasteiger partial charge in [0.15, 0.2) is 0 Å². The second-order valence-corrected chi connectivity index (χ2v) is 11.7. The highest BCUT2D eigenvalue weighted by molar-refractivity contribution is 9.10. The van der Waals surface area contributed by atoms with Crippen LogP contribution in [0, 0.1) is 12.8 Å². The maximum atomic E-state index is 13.5. The maximum Gasteiger partial charge on any atom is 0.254 e. The molecule has 2 aromatic carbocycles. The van der Waals surface area contributed by atoms with Crippen molar-refractivity contribution >= 4 is 38.5 Å². The molecule has 0 atom stereocenters. The van der Waals surface area contributed by atoms with E-state index in [-0.39, 0.29) is 11.4 Å². The van der Waals surface area contributed by atoms with Gasteiger partial charge in [0, 0.05) is 40.6 Å². The second-order valence-electron chi connectivity index (χ2n) is 10.8. The van der Waals surface area contributed by atoms with Crippen LogP contribution < -0.4 is 0 Å². The third kappa shape index (κ3) is 5.64. The zero-order chi connectivity index (χ0) is 26.7. The summed E-state index contributed by atoms with van der Waals surface area (Å²) < 4.78 is 1.07. The lowest BCUT2D eigenvalue weighted by Crippen LogP contribution is -2.56. The topological polar surface area (TPSA) is 58.0 Å². The quantitative estimate of drug-likeness (QED) is 0.250. The highest BCUT2D eigenvalue weighted by atomic mass is 79.9. The SMILES string of the molecule is CCO/N=C(\c1ccc(Br)cc1)C1CCN(C2(C)CCN(C(=O)c3ccnc4ccc(C)cc34)CC2)CC1. The third-order valence-corrected chi connectivity index (χ3v) is 8.86. The molecule has 200 valence electrons. The molecule has 2 aliphatic rings. The average molecular weight is 578 g/mol. The van der Waals surface area contributed by atoms with Crippen molar-refractivity contribution in [3.8, 4) is 0 Å². The van der Waals surface area contributed by atoms with Crippen molar-refractivity contribution in [2.24, 2.45) is 11.1 Å². The number of likely N-dealkylation sites (tertiary alicyclic amines) is 2. The summed E-state index contributed by atoms with van der Waals surface area (Å²) in [5.74, 6) is 0.503. The van der Waals surface area contributed by atoms with Crippen molar-refractivity contribution in [2.45, 2.75) is 52.0 Å². The number of oxime groups is 1. The molecular weight excluding hydrogens is 540 g/mol. The number of carbonyl (C=O) groups is 1. The standard InChI is InChI=1S/C31H37BrN4O2/c1-4-38-34-29(23-6-8-25(32)9-7-23)24-12-17-36(18-13-24)31(3)14-19-35(20-15-31)30(37)26-11-16-33-28-10-5-22(2)21-27(26)28/h5-11,16,21,24H,4,12-15,17-20H2,1-3H3/b34-29+. The predicted molar refractivity (Wildman–Crippen MR) is 157 cm³/mol. The molecule has 3 aromatic rings. The molecule has 0 aliphatic carbocycles. The lowest BCUT2D eigenvalue weighted by molar-refractivity contribution is 0.0162. The molecule has 0 unspecified atom stereocenters. The van der Waals surface area contributed by atoms with Crippen LogP contribution in [-0.2, 0) is 4.84 Å². The molecule has 1 aromatic heterocycles. The number of rotatable bonds is 6. The monoisotopic (exact) mass is 576 g/mol. The Bertz CT molecular complexity index is 1310. The summed E-state index contributed by atoms with van der Waals surface area (Å²) in [7, 11) is 0. The smallest absolute Gasteiger partial charge is 0.254 e. The summed E-state index contributed by atoms with van der Waals surface area (Å²) in [5, 5.41) is 5.49. The summed E-state index contributed by atoms with van der Waals surface area (Å²) >= 11 is 3.54. The van der Waals surface area contributed by atoms with Gasteiger partial charge < -0.3 is 9.74 Å². The first-order valence-electron chi connectivity index (χ1n) is 13.7. The fourth-order valence-corrected chi connectivity index (χ4v) is 6.20. The van der Waals surface area contributed by atoms with E-state index in [1.165, 1.54) is 0 Å². The molecule has 38 heavy (non-hydrogen) atoms. The van der Waals surface area contributed by atoms with Gasteiger partial charge in [0.2, 0.25) is 0 Å². The van der Waals surface area contributed by atoms with Gasteiger partial charge in [-0.15, -0.1) is 0 Å². The second kappa shape index (κ2) is 11.5. The average Bonchev–Trinajstić information content (AvgIpc) is 2.94. The van der Waals surface area contributed by atoms with E-state index in [1.807, 2.05) is 30.0 Å². The highest BCUT2D eigenvalue weighted by Gasteiger charge is 2.39. The van der Waals surface area contributed by atoms with Crippen LogP contribution in [0.1, 0.15) is 61.0 Å². The molecule has 0 saturated carbocycles. The Morgan fingerprint density at radius 3 is 2.47 bits per heavy atom. The van der Waals surface area contributed by atoms with E-state index in [9.17, 15) is 4.79 Å². The Kier molecular flexibility index (Phi) is 8.15. The minimum atomic E-state index is 0.105. The summed E-state index contributed by atoms with van der Waals surface area (Å²) in [6, 6.07) is 16.4. The molecule has 2 saturated heterocycles. The van der Waals surface area contributed by atoms with Crippen molar-refractivity contribution in [2.75, 3.05) is 32.8 Å². The molecule has 7 heteroatoms. The molecule has 5 rings (SSSR count). The minimum absolute atomic E-state index is 0.105. The Balaban J connectivity index is 1.22. The van der Waals surface area contributed by atoms with Gasteiger partial charge in [-0.2, -0.15) is 0 Å². The van der Waals surface area contributed by atoms with Crippen molar-refractivity contribution in [3.05, 3.63) is 75.9 Å². The molecule has 2 aliphatic heterocycles. The number of amides is 1. The van der Waals surface area contributed by atoms with Gasteiger partial charge in [0.1, 0.15) is 6.61 Å². The van der Waals surface area contributed by atoms with Crippen LogP contribution in [0.25, 0.3) is 10.9 Å².